The summed E-state index contributed by atoms with van der Waals surface area (Å²) >= 11 is 1.13. The molecule has 1 aliphatic rings. The lowest BCUT2D eigenvalue weighted by atomic mass is 10.2. The van der Waals surface area contributed by atoms with E-state index in [0.717, 1.165) is 35.8 Å². The van der Waals surface area contributed by atoms with Crippen LogP contribution in [0.3, 0.4) is 0 Å². The van der Waals surface area contributed by atoms with E-state index in [1.165, 1.54) is 0 Å². The van der Waals surface area contributed by atoms with Crippen LogP contribution in [0.15, 0.2) is 40.6 Å². The first-order valence-corrected chi connectivity index (χ1v) is 10.3. The summed E-state index contributed by atoms with van der Waals surface area (Å²) in [6, 6.07) is 9.29. The zero-order valence-electron chi connectivity index (χ0n) is 13.6. The highest BCUT2D eigenvalue weighted by atomic mass is 32.2. The van der Waals surface area contributed by atoms with E-state index >= 15 is 0 Å². The van der Waals surface area contributed by atoms with Gasteiger partial charge >= 0.3 is 0 Å². The third-order valence-corrected chi connectivity index (χ3v) is 6.43. The van der Waals surface area contributed by atoms with Gasteiger partial charge in [0, 0.05) is 23.9 Å². The molecule has 1 aromatic carbocycles. The average Bonchev–Trinajstić information content (AvgIpc) is 3.19. The second kappa shape index (κ2) is 6.32. The summed E-state index contributed by atoms with van der Waals surface area (Å²) in [7, 11) is -1.82. The van der Waals surface area contributed by atoms with Crippen LogP contribution in [0.2, 0.25) is 0 Å². The maximum Gasteiger partial charge on any atom is 0.244 e. The minimum atomic E-state index is -3.69. The summed E-state index contributed by atoms with van der Waals surface area (Å²) in [5.41, 5.74) is 1.24. The molecule has 0 aliphatic heterocycles. The first-order chi connectivity index (χ1) is 12.1. The largest absolute Gasteiger partial charge is 0.317 e. The van der Waals surface area contributed by atoms with E-state index in [9.17, 15) is 8.42 Å². The molecule has 1 aliphatic carbocycles. The van der Waals surface area contributed by atoms with Crippen molar-refractivity contribution in [3.63, 3.8) is 0 Å². The smallest absolute Gasteiger partial charge is 0.244 e. The summed E-state index contributed by atoms with van der Waals surface area (Å²) < 4.78 is 34.2. The first kappa shape index (κ1) is 16.4. The normalized spacial score (nSPS) is 14.8. The molecule has 0 atom stereocenters. The number of hydrogen-bond acceptors (Lipinski definition) is 6. The molecule has 0 amide bonds. The Morgan fingerprint density at radius 2 is 2.00 bits per heavy atom. The van der Waals surface area contributed by atoms with Crippen LogP contribution in [-0.2, 0) is 23.6 Å². The molecule has 1 fully saturated rings. The number of sulfonamides is 1. The van der Waals surface area contributed by atoms with Gasteiger partial charge in [0.15, 0.2) is 0 Å². The summed E-state index contributed by atoms with van der Waals surface area (Å²) in [4.78, 5) is 0.188. The maximum absolute atomic E-state index is 12.7. The lowest BCUT2D eigenvalue weighted by molar-refractivity contribution is 0.577. The van der Waals surface area contributed by atoms with E-state index in [0.29, 0.717) is 17.4 Å². The molecule has 3 aromatic rings. The maximum atomic E-state index is 12.7. The van der Waals surface area contributed by atoms with Gasteiger partial charge in [0.2, 0.25) is 10.0 Å². The molecule has 0 unspecified atom stereocenters. The molecule has 0 saturated heterocycles. The molecule has 1 saturated carbocycles. The molecule has 0 spiro atoms. The molecule has 2 heterocycles. The van der Waals surface area contributed by atoms with Crippen molar-refractivity contribution in [1.82, 2.24) is 23.9 Å². The van der Waals surface area contributed by atoms with Gasteiger partial charge in [0.25, 0.3) is 0 Å². The van der Waals surface area contributed by atoms with Gasteiger partial charge in [-0.05, 0) is 24.4 Å². The molecule has 0 bridgehead atoms. The van der Waals surface area contributed by atoms with Crippen molar-refractivity contribution in [2.24, 2.45) is 7.05 Å². The number of nitrogens with one attached hydrogen (secondary N) is 1. The average molecular weight is 375 g/mol. The van der Waals surface area contributed by atoms with Gasteiger partial charge in [-0.1, -0.05) is 30.3 Å². The van der Waals surface area contributed by atoms with E-state index in [2.05, 4.69) is 19.3 Å². The molecule has 4 rings (SSSR count). The van der Waals surface area contributed by atoms with Crippen molar-refractivity contribution in [3.05, 3.63) is 47.4 Å². The fraction of sp³-hybridized carbons (Fsp3) is 0.312. The highest BCUT2D eigenvalue weighted by Gasteiger charge is 2.29. The van der Waals surface area contributed by atoms with Gasteiger partial charge < -0.3 is 4.57 Å². The number of aromatic nitrogens is 4. The summed E-state index contributed by atoms with van der Waals surface area (Å²) in [5, 5.41) is 9.84. The molecule has 0 radical (unpaired) electrons. The highest BCUT2D eigenvalue weighted by molar-refractivity contribution is 7.89. The van der Waals surface area contributed by atoms with Crippen LogP contribution in [0, 0.1) is 0 Å². The predicted molar refractivity (Wildman–Crippen MR) is 94.6 cm³/mol. The Labute approximate surface area is 150 Å². The van der Waals surface area contributed by atoms with Gasteiger partial charge in [-0.15, -0.1) is 10.2 Å². The van der Waals surface area contributed by atoms with E-state index in [1.807, 2.05) is 41.9 Å². The predicted octanol–water partition coefficient (Wildman–Crippen LogP) is 2.29. The lowest BCUT2D eigenvalue weighted by Gasteiger charge is -2.07. The van der Waals surface area contributed by atoms with Gasteiger partial charge in [-0.25, -0.2) is 13.1 Å². The first-order valence-electron chi connectivity index (χ1n) is 7.94. The zero-order valence-corrected chi connectivity index (χ0v) is 15.2. The van der Waals surface area contributed by atoms with Crippen molar-refractivity contribution in [1.29, 1.82) is 0 Å². The van der Waals surface area contributed by atoms with Crippen LogP contribution in [0.4, 0.5) is 0 Å². The molecule has 7 nitrogen and oxygen atoms in total. The Balaban J connectivity index is 1.56. The van der Waals surface area contributed by atoms with Crippen LogP contribution < -0.4 is 4.72 Å². The third-order valence-electron chi connectivity index (χ3n) is 4.24. The van der Waals surface area contributed by atoms with Gasteiger partial charge in [-0.2, -0.15) is 4.37 Å². The van der Waals surface area contributed by atoms with Gasteiger partial charge in [0.1, 0.15) is 22.2 Å². The summed E-state index contributed by atoms with van der Waals surface area (Å²) in [6.45, 7) is 0.0998. The standard InChI is InChI=1S/C16H17N5O2S2/c1-21-14(18-19-16(21)12-7-8-12)9-17-25(22,23)13-10-24-20-15(13)11-5-3-2-4-6-11/h2-6,10,12,17H,7-9H2,1H3. The molecule has 9 heteroatoms. The Bertz CT molecular complexity index is 991. The van der Waals surface area contributed by atoms with E-state index < -0.39 is 10.0 Å². The van der Waals surface area contributed by atoms with Crippen LogP contribution in [-0.4, -0.2) is 27.6 Å². The Morgan fingerprint density at radius 3 is 2.72 bits per heavy atom. The van der Waals surface area contributed by atoms with Crippen molar-refractivity contribution in [3.8, 4) is 11.3 Å². The Morgan fingerprint density at radius 1 is 1.24 bits per heavy atom. The van der Waals surface area contributed by atoms with Gasteiger partial charge in [0.05, 0.1) is 6.54 Å². The quantitative estimate of drug-likeness (QED) is 0.714. The lowest BCUT2D eigenvalue weighted by Crippen LogP contribution is -2.25. The fourth-order valence-corrected chi connectivity index (χ4v) is 4.83. The number of benzene rings is 1. The summed E-state index contributed by atoms with van der Waals surface area (Å²) in [5.74, 6) is 2.00. The minimum absolute atomic E-state index is 0.0998. The highest BCUT2D eigenvalue weighted by Crippen LogP contribution is 2.38. The number of rotatable bonds is 6. The Kier molecular flexibility index (Phi) is 4.14. The topological polar surface area (TPSA) is 89.8 Å². The second-order valence-electron chi connectivity index (χ2n) is 6.03. The molecule has 1 N–H and O–H groups in total. The number of hydrogen-bond donors (Lipinski definition) is 1. The van der Waals surface area contributed by atoms with Crippen LogP contribution in [0.5, 0.6) is 0 Å². The van der Waals surface area contributed by atoms with Crippen molar-refractivity contribution >= 4 is 21.6 Å². The molecular weight excluding hydrogens is 358 g/mol. The number of nitrogens with zero attached hydrogens (tertiary/aromatic N) is 4. The molecule has 130 valence electrons. The molecule has 25 heavy (non-hydrogen) atoms. The van der Waals surface area contributed by atoms with E-state index in [4.69, 9.17) is 0 Å². The fourth-order valence-electron chi connectivity index (χ4n) is 2.67. The Hall–Kier alpha value is -2.10. The molecule has 2 aromatic heterocycles. The SMILES string of the molecule is Cn1c(CNS(=O)(=O)c2csnc2-c2ccccc2)nnc1C1CC1. The second-order valence-corrected chi connectivity index (χ2v) is 8.39. The van der Waals surface area contributed by atoms with E-state index in [1.54, 1.807) is 5.38 Å². The van der Waals surface area contributed by atoms with Crippen molar-refractivity contribution in [2.45, 2.75) is 30.2 Å². The van der Waals surface area contributed by atoms with Gasteiger partial charge in [-0.3, -0.25) is 0 Å². The van der Waals surface area contributed by atoms with E-state index in [-0.39, 0.29) is 11.4 Å². The zero-order chi connectivity index (χ0) is 17.4. The van der Waals surface area contributed by atoms with Crippen molar-refractivity contribution in [2.75, 3.05) is 0 Å². The monoisotopic (exact) mass is 375 g/mol. The molecular formula is C16H17N5O2S2. The van der Waals surface area contributed by atoms with Crippen LogP contribution in [0.25, 0.3) is 11.3 Å². The van der Waals surface area contributed by atoms with Crippen LogP contribution >= 0.6 is 11.5 Å². The summed E-state index contributed by atoms with van der Waals surface area (Å²) in [6.07, 6.45) is 2.25. The van der Waals surface area contributed by atoms with Crippen molar-refractivity contribution < 1.29 is 8.42 Å². The minimum Gasteiger partial charge on any atom is -0.317 e. The third kappa shape index (κ3) is 3.22. The van der Waals surface area contributed by atoms with Crippen LogP contribution in [0.1, 0.15) is 30.4 Å².